The van der Waals surface area contributed by atoms with Gasteiger partial charge < -0.3 is 10.7 Å². The van der Waals surface area contributed by atoms with Crippen LogP contribution in [-0.4, -0.2) is 30.8 Å². The largest absolute Gasteiger partial charge is 0.366 e. The van der Waals surface area contributed by atoms with Crippen LogP contribution in [-0.2, 0) is 12.8 Å². The number of nitrogens with two attached hydrogens (primary N) is 1. The molecular weight excluding hydrogens is 412 g/mol. The van der Waals surface area contributed by atoms with E-state index in [0.29, 0.717) is 18.4 Å². The number of carbonyl (C=O) groups excluding carboxylic acids is 1. The fourth-order valence-electron chi connectivity index (χ4n) is 3.96. The van der Waals surface area contributed by atoms with Crippen LogP contribution in [0.3, 0.4) is 0 Å². The molecule has 33 heavy (non-hydrogen) atoms. The summed E-state index contributed by atoms with van der Waals surface area (Å²) in [4.78, 5) is 33.7. The summed E-state index contributed by atoms with van der Waals surface area (Å²) < 4.78 is 0. The van der Waals surface area contributed by atoms with E-state index in [1.165, 1.54) is 0 Å². The first-order valence-electron chi connectivity index (χ1n) is 10.7. The summed E-state index contributed by atoms with van der Waals surface area (Å²) >= 11 is 0. The molecule has 0 radical (unpaired) electrons. The monoisotopic (exact) mass is 434 g/mol. The SMILES string of the molecule is Cc1cccc(-c2[nH]c(CCc3ccccc3C(N)=O)nc2-c2ccc3nccnc3c2)n1. The standard InChI is InChI=1S/C26H22N6O/c1-16-5-4-8-21(30-16)25-24(18-9-11-20-22(15-18)29-14-13-28-20)31-23(32-25)12-10-17-6-2-3-7-19(17)26(27)33/h2-9,11,13-15H,10,12H2,1H3,(H2,27,33)(H,31,32). The van der Waals surface area contributed by atoms with Crippen molar-refractivity contribution in [3.63, 3.8) is 0 Å². The first-order chi connectivity index (χ1) is 16.1. The zero-order chi connectivity index (χ0) is 22.8. The van der Waals surface area contributed by atoms with Crippen molar-refractivity contribution in [3.05, 3.63) is 95.7 Å². The van der Waals surface area contributed by atoms with E-state index >= 15 is 0 Å². The summed E-state index contributed by atoms with van der Waals surface area (Å²) in [7, 11) is 0. The number of aromatic amines is 1. The van der Waals surface area contributed by atoms with Gasteiger partial charge in [-0.25, -0.2) is 4.98 Å². The van der Waals surface area contributed by atoms with Gasteiger partial charge in [-0.1, -0.05) is 30.3 Å². The van der Waals surface area contributed by atoms with Crippen molar-refractivity contribution in [1.29, 1.82) is 0 Å². The van der Waals surface area contributed by atoms with Crippen LogP contribution in [0.25, 0.3) is 33.7 Å². The van der Waals surface area contributed by atoms with Crippen molar-refractivity contribution >= 4 is 16.9 Å². The van der Waals surface area contributed by atoms with Gasteiger partial charge in [0.1, 0.15) is 5.82 Å². The maximum absolute atomic E-state index is 11.8. The van der Waals surface area contributed by atoms with Gasteiger partial charge in [0.15, 0.2) is 0 Å². The number of hydrogen-bond acceptors (Lipinski definition) is 5. The summed E-state index contributed by atoms with van der Waals surface area (Å²) in [5, 5.41) is 0. The fourth-order valence-corrected chi connectivity index (χ4v) is 3.96. The number of amides is 1. The number of hydrogen-bond donors (Lipinski definition) is 2. The van der Waals surface area contributed by atoms with Crippen molar-refractivity contribution in [1.82, 2.24) is 24.9 Å². The van der Waals surface area contributed by atoms with E-state index in [1.807, 2.05) is 61.5 Å². The third-order valence-corrected chi connectivity index (χ3v) is 5.55. The first kappa shape index (κ1) is 20.5. The Balaban J connectivity index is 1.55. The third-order valence-electron chi connectivity index (χ3n) is 5.55. The summed E-state index contributed by atoms with van der Waals surface area (Å²) in [6, 6.07) is 19.3. The molecule has 0 unspecified atom stereocenters. The zero-order valence-electron chi connectivity index (χ0n) is 18.1. The highest BCUT2D eigenvalue weighted by atomic mass is 16.1. The van der Waals surface area contributed by atoms with Gasteiger partial charge in [0.25, 0.3) is 0 Å². The van der Waals surface area contributed by atoms with E-state index in [4.69, 9.17) is 15.7 Å². The topological polar surface area (TPSA) is 110 Å². The Hall–Kier alpha value is -4.39. The normalized spacial score (nSPS) is 11.1. The molecule has 5 rings (SSSR count). The van der Waals surface area contributed by atoms with Crippen molar-refractivity contribution in [2.24, 2.45) is 5.73 Å². The molecule has 3 aromatic heterocycles. The third kappa shape index (κ3) is 4.21. The number of aromatic nitrogens is 5. The Labute approximate surface area is 190 Å². The first-order valence-corrected chi connectivity index (χ1v) is 10.7. The number of carbonyl (C=O) groups is 1. The lowest BCUT2D eigenvalue weighted by atomic mass is 10.0. The Kier molecular flexibility index (Phi) is 5.36. The quantitative estimate of drug-likeness (QED) is 0.415. The molecule has 5 aromatic rings. The Morgan fingerprint density at radius 3 is 2.55 bits per heavy atom. The number of fused-ring (bicyclic) bond motifs is 1. The molecule has 0 saturated heterocycles. The van der Waals surface area contributed by atoms with Crippen LogP contribution in [0.2, 0.25) is 0 Å². The molecule has 0 aliphatic carbocycles. The van der Waals surface area contributed by atoms with Crippen LogP contribution in [0.4, 0.5) is 0 Å². The highest BCUT2D eigenvalue weighted by molar-refractivity contribution is 5.94. The number of imidazole rings is 1. The van der Waals surface area contributed by atoms with Gasteiger partial charge >= 0.3 is 0 Å². The summed E-state index contributed by atoms with van der Waals surface area (Å²) in [5.74, 6) is 0.384. The van der Waals surface area contributed by atoms with Gasteiger partial charge in [0.05, 0.1) is 28.1 Å². The molecule has 3 heterocycles. The molecule has 0 aliphatic heterocycles. The Bertz CT molecular complexity index is 1470. The smallest absolute Gasteiger partial charge is 0.248 e. The van der Waals surface area contributed by atoms with Crippen LogP contribution in [0.1, 0.15) is 27.4 Å². The van der Waals surface area contributed by atoms with E-state index in [9.17, 15) is 4.79 Å². The number of pyridine rings is 1. The summed E-state index contributed by atoms with van der Waals surface area (Å²) in [5.41, 5.74) is 12.9. The fraction of sp³-hybridized carbons (Fsp3) is 0.115. The second-order valence-electron chi connectivity index (χ2n) is 7.85. The molecule has 0 fully saturated rings. The van der Waals surface area contributed by atoms with Crippen molar-refractivity contribution in [3.8, 4) is 22.6 Å². The second-order valence-corrected chi connectivity index (χ2v) is 7.85. The van der Waals surface area contributed by atoms with Crippen LogP contribution in [0.5, 0.6) is 0 Å². The van der Waals surface area contributed by atoms with Crippen molar-refractivity contribution in [2.45, 2.75) is 19.8 Å². The van der Waals surface area contributed by atoms with E-state index < -0.39 is 5.91 Å². The summed E-state index contributed by atoms with van der Waals surface area (Å²) in [6.07, 6.45) is 4.62. The van der Waals surface area contributed by atoms with Crippen LogP contribution in [0.15, 0.2) is 73.1 Å². The molecule has 7 heteroatoms. The van der Waals surface area contributed by atoms with Gasteiger partial charge in [0, 0.05) is 35.6 Å². The molecule has 1 amide bonds. The zero-order valence-corrected chi connectivity index (χ0v) is 18.1. The molecule has 162 valence electrons. The Morgan fingerprint density at radius 1 is 0.909 bits per heavy atom. The average Bonchev–Trinajstić information content (AvgIpc) is 3.27. The van der Waals surface area contributed by atoms with Crippen molar-refractivity contribution < 1.29 is 4.79 Å². The lowest BCUT2D eigenvalue weighted by Crippen LogP contribution is -2.14. The number of aryl methyl sites for hydroxylation is 3. The Morgan fingerprint density at radius 2 is 1.73 bits per heavy atom. The van der Waals surface area contributed by atoms with Gasteiger partial charge in [-0.2, -0.15) is 0 Å². The minimum Gasteiger partial charge on any atom is -0.366 e. The average molecular weight is 435 g/mol. The van der Waals surface area contributed by atoms with Crippen molar-refractivity contribution in [2.75, 3.05) is 0 Å². The van der Waals surface area contributed by atoms with Crippen LogP contribution in [0, 0.1) is 6.92 Å². The molecule has 0 spiro atoms. The molecule has 0 atom stereocenters. The molecule has 0 bridgehead atoms. The predicted molar refractivity (Wildman–Crippen MR) is 127 cm³/mol. The van der Waals surface area contributed by atoms with E-state index in [0.717, 1.165) is 50.8 Å². The van der Waals surface area contributed by atoms with E-state index in [1.54, 1.807) is 18.5 Å². The maximum Gasteiger partial charge on any atom is 0.248 e. The molecular formula is C26H22N6O. The van der Waals surface area contributed by atoms with E-state index in [2.05, 4.69) is 15.0 Å². The molecule has 0 aliphatic rings. The van der Waals surface area contributed by atoms with Crippen LogP contribution < -0.4 is 5.73 Å². The van der Waals surface area contributed by atoms with Gasteiger partial charge in [-0.05, 0) is 49.2 Å². The minimum absolute atomic E-state index is 0.423. The molecule has 0 saturated carbocycles. The minimum atomic E-state index is -0.423. The number of H-pyrrole nitrogens is 1. The lowest BCUT2D eigenvalue weighted by molar-refractivity contribution is 0.0999. The molecule has 3 N–H and O–H groups in total. The van der Waals surface area contributed by atoms with Gasteiger partial charge in [-0.15, -0.1) is 0 Å². The number of rotatable bonds is 6. The van der Waals surface area contributed by atoms with E-state index in [-0.39, 0.29) is 0 Å². The predicted octanol–water partition coefficient (Wildman–Crippen LogP) is 4.27. The highest BCUT2D eigenvalue weighted by Gasteiger charge is 2.17. The lowest BCUT2D eigenvalue weighted by Gasteiger charge is -2.05. The number of nitrogens with zero attached hydrogens (tertiary/aromatic N) is 4. The highest BCUT2D eigenvalue weighted by Crippen LogP contribution is 2.31. The number of benzene rings is 2. The van der Waals surface area contributed by atoms with Crippen LogP contribution >= 0.6 is 0 Å². The number of nitrogens with one attached hydrogen (secondary N) is 1. The van der Waals surface area contributed by atoms with Gasteiger partial charge in [0.2, 0.25) is 5.91 Å². The summed E-state index contributed by atoms with van der Waals surface area (Å²) in [6.45, 7) is 1.97. The molecule has 2 aromatic carbocycles. The van der Waals surface area contributed by atoms with Gasteiger partial charge in [-0.3, -0.25) is 19.7 Å². The maximum atomic E-state index is 11.8. The molecule has 7 nitrogen and oxygen atoms in total. The second kappa shape index (κ2) is 8.63. The number of primary amides is 1.